The zero-order valence-electron chi connectivity index (χ0n) is 6.91. The van der Waals surface area contributed by atoms with Gasteiger partial charge in [0.1, 0.15) is 11.6 Å². The first-order valence-corrected chi connectivity index (χ1v) is 3.73. The predicted molar refractivity (Wildman–Crippen MR) is 41.2 cm³/mol. The van der Waals surface area contributed by atoms with Crippen molar-refractivity contribution in [3.05, 3.63) is 11.6 Å². The van der Waals surface area contributed by atoms with E-state index in [9.17, 15) is 0 Å². The molecule has 4 heteroatoms. The van der Waals surface area contributed by atoms with Gasteiger partial charge in [0.2, 0.25) is 0 Å². The highest BCUT2D eigenvalue weighted by Crippen LogP contribution is 1.99. The molecule has 0 fully saturated rings. The summed E-state index contributed by atoms with van der Waals surface area (Å²) in [5.74, 6) is 1.83. The zero-order chi connectivity index (χ0) is 8.27. The molecule has 62 valence electrons. The predicted octanol–water partition coefficient (Wildman–Crippen LogP) is 0.277. The lowest BCUT2D eigenvalue weighted by Gasteiger charge is -2.03. The lowest BCUT2D eigenvalue weighted by atomic mass is 10.4. The van der Waals surface area contributed by atoms with Crippen LogP contribution in [0, 0.1) is 13.8 Å². The minimum Gasteiger partial charge on any atom is -0.396 e. The Morgan fingerprint density at radius 1 is 1.27 bits per heavy atom. The standard InChI is InChI=1S/C7H13N3O/c1-6-8-9-7(2)10(6)4-3-5-11/h11H,3-5H2,1-2H3. The van der Waals surface area contributed by atoms with Crippen molar-refractivity contribution in [2.24, 2.45) is 0 Å². The highest BCUT2D eigenvalue weighted by Gasteiger charge is 2.01. The van der Waals surface area contributed by atoms with E-state index in [0.29, 0.717) is 0 Å². The molecule has 0 aliphatic rings. The van der Waals surface area contributed by atoms with Crippen LogP contribution in [0.3, 0.4) is 0 Å². The minimum absolute atomic E-state index is 0.219. The van der Waals surface area contributed by atoms with Crippen molar-refractivity contribution >= 4 is 0 Å². The SMILES string of the molecule is Cc1nnc(C)n1CCCO. The first-order chi connectivity index (χ1) is 5.25. The maximum absolute atomic E-state index is 8.59. The number of hydrogen-bond donors (Lipinski definition) is 1. The third-order valence-electron chi connectivity index (χ3n) is 1.66. The summed E-state index contributed by atoms with van der Waals surface area (Å²) < 4.78 is 2.00. The third kappa shape index (κ3) is 1.77. The van der Waals surface area contributed by atoms with Gasteiger partial charge in [0.25, 0.3) is 0 Å². The molecule has 0 aliphatic heterocycles. The van der Waals surface area contributed by atoms with E-state index in [2.05, 4.69) is 10.2 Å². The van der Waals surface area contributed by atoms with Crippen LogP contribution in [-0.4, -0.2) is 26.5 Å². The van der Waals surface area contributed by atoms with E-state index >= 15 is 0 Å². The van der Waals surface area contributed by atoms with Crippen molar-refractivity contribution in [2.75, 3.05) is 6.61 Å². The van der Waals surface area contributed by atoms with Gasteiger partial charge in [-0.2, -0.15) is 0 Å². The molecule has 1 N–H and O–H groups in total. The van der Waals surface area contributed by atoms with Crippen LogP contribution in [0.25, 0.3) is 0 Å². The summed E-state index contributed by atoms with van der Waals surface area (Å²) >= 11 is 0. The number of hydrogen-bond acceptors (Lipinski definition) is 3. The van der Waals surface area contributed by atoms with Crippen molar-refractivity contribution in [1.29, 1.82) is 0 Å². The Morgan fingerprint density at radius 3 is 2.27 bits per heavy atom. The van der Waals surface area contributed by atoms with Crippen LogP contribution < -0.4 is 0 Å². The molecule has 0 saturated heterocycles. The smallest absolute Gasteiger partial charge is 0.129 e. The summed E-state index contributed by atoms with van der Waals surface area (Å²) in [4.78, 5) is 0. The number of nitrogens with zero attached hydrogens (tertiary/aromatic N) is 3. The first-order valence-electron chi connectivity index (χ1n) is 3.73. The largest absolute Gasteiger partial charge is 0.396 e. The van der Waals surface area contributed by atoms with Gasteiger partial charge in [0.15, 0.2) is 0 Å². The van der Waals surface area contributed by atoms with E-state index in [4.69, 9.17) is 5.11 Å². The molecule has 0 unspecified atom stereocenters. The van der Waals surface area contributed by atoms with Crippen LogP contribution in [0.1, 0.15) is 18.1 Å². The molecule has 0 aromatic carbocycles. The first kappa shape index (κ1) is 8.20. The van der Waals surface area contributed by atoms with Gasteiger partial charge < -0.3 is 9.67 Å². The molecule has 0 bridgehead atoms. The highest BCUT2D eigenvalue weighted by atomic mass is 16.3. The second-order valence-corrected chi connectivity index (χ2v) is 2.52. The van der Waals surface area contributed by atoms with Gasteiger partial charge in [-0.3, -0.25) is 0 Å². The fraction of sp³-hybridized carbons (Fsp3) is 0.714. The Kier molecular flexibility index (Phi) is 2.59. The van der Waals surface area contributed by atoms with Crippen molar-refractivity contribution in [3.8, 4) is 0 Å². The van der Waals surface area contributed by atoms with E-state index in [1.807, 2.05) is 18.4 Å². The summed E-state index contributed by atoms with van der Waals surface area (Å²) in [7, 11) is 0. The van der Waals surface area contributed by atoms with Crippen LogP contribution in [0.15, 0.2) is 0 Å². The zero-order valence-corrected chi connectivity index (χ0v) is 6.91. The Labute approximate surface area is 65.9 Å². The summed E-state index contributed by atoms with van der Waals surface area (Å²) in [6, 6.07) is 0. The normalized spacial score (nSPS) is 10.5. The van der Waals surface area contributed by atoms with Crippen LogP contribution in [0.5, 0.6) is 0 Å². The maximum atomic E-state index is 8.59. The molecular formula is C7H13N3O. The molecular weight excluding hydrogens is 142 g/mol. The van der Waals surface area contributed by atoms with Crippen LogP contribution in [0.2, 0.25) is 0 Å². The number of aryl methyl sites for hydroxylation is 2. The molecule has 0 spiro atoms. The molecule has 1 heterocycles. The Morgan fingerprint density at radius 2 is 1.82 bits per heavy atom. The summed E-state index contributed by atoms with van der Waals surface area (Å²) in [6.45, 7) is 4.85. The molecule has 0 aliphatic carbocycles. The molecule has 4 nitrogen and oxygen atoms in total. The van der Waals surface area contributed by atoms with Crippen LogP contribution >= 0.6 is 0 Å². The molecule has 0 saturated carbocycles. The van der Waals surface area contributed by atoms with Crippen LogP contribution in [-0.2, 0) is 6.54 Å². The summed E-state index contributed by atoms with van der Waals surface area (Å²) in [5, 5.41) is 16.4. The fourth-order valence-corrected chi connectivity index (χ4v) is 1.04. The second kappa shape index (κ2) is 3.48. The number of aromatic nitrogens is 3. The summed E-state index contributed by atoms with van der Waals surface area (Å²) in [5.41, 5.74) is 0. The number of aliphatic hydroxyl groups excluding tert-OH is 1. The molecule has 11 heavy (non-hydrogen) atoms. The quantitative estimate of drug-likeness (QED) is 0.682. The van der Waals surface area contributed by atoms with Crippen molar-refractivity contribution in [2.45, 2.75) is 26.8 Å². The lowest BCUT2D eigenvalue weighted by molar-refractivity contribution is 0.279. The topological polar surface area (TPSA) is 50.9 Å². The van der Waals surface area contributed by atoms with Crippen LogP contribution in [0.4, 0.5) is 0 Å². The molecule has 1 aromatic heterocycles. The van der Waals surface area contributed by atoms with E-state index in [0.717, 1.165) is 24.6 Å². The molecule has 1 aromatic rings. The van der Waals surface area contributed by atoms with Gasteiger partial charge in [0.05, 0.1) is 0 Å². The average molecular weight is 155 g/mol. The monoisotopic (exact) mass is 155 g/mol. The van der Waals surface area contributed by atoms with Gasteiger partial charge in [-0.1, -0.05) is 0 Å². The Balaban J connectivity index is 2.67. The molecule has 0 atom stereocenters. The lowest BCUT2D eigenvalue weighted by Crippen LogP contribution is -2.04. The van der Waals surface area contributed by atoms with Crippen molar-refractivity contribution < 1.29 is 5.11 Å². The maximum Gasteiger partial charge on any atom is 0.129 e. The van der Waals surface area contributed by atoms with E-state index in [-0.39, 0.29) is 6.61 Å². The third-order valence-corrected chi connectivity index (χ3v) is 1.66. The van der Waals surface area contributed by atoms with Gasteiger partial charge in [-0.05, 0) is 20.3 Å². The second-order valence-electron chi connectivity index (χ2n) is 2.52. The molecule has 1 rings (SSSR count). The van der Waals surface area contributed by atoms with Gasteiger partial charge in [-0.25, -0.2) is 0 Å². The molecule has 0 radical (unpaired) electrons. The Hall–Kier alpha value is -0.900. The fourth-order valence-electron chi connectivity index (χ4n) is 1.04. The number of rotatable bonds is 3. The average Bonchev–Trinajstić information content (AvgIpc) is 2.29. The van der Waals surface area contributed by atoms with E-state index in [1.54, 1.807) is 0 Å². The summed E-state index contributed by atoms with van der Waals surface area (Å²) in [6.07, 6.45) is 0.764. The highest BCUT2D eigenvalue weighted by molar-refractivity contribution is 4.90. The van der Waals surface area contributed by atoms with Gasteiger partial charge >= 0.3 is 0 Å². The molecule has 0 amide bonds. The van der Waals surface area contributed by atoms with Gasteiger partial charge in [0, 0.05) is 13.2 Å². The minimum atomic E-state index is 0.219. The van der Waals surface area contributed by atoms with E-state index in [1.165, 1.54) is 0 Å². The van der Waals surface area contributed by atoms with Crippen molar-refractivity contribution in [1.82, 2.24) is 14.8 Å². The van der Waals surface area contributed by atoms with Gasteiger partial charge in [-0.15, -0.1) is 10.2 Å². The van der Waals surface area contributed by atoms with E-state index < -0.39 is 0 Å². The Bertz CT molecular complexity index is 212. The van der Waals surface area contributed by atoms with Crippen molar-refractivity contribution in [3.63, 3.8) is 0 Å². The number of aliphatic hydroxyl groups is 1.